The number of H-pyrrole nitrogens is 1. The molecular weight excluding hydrogens is 861 g/mol. The SMILES string of the molecule is CCCC(=O)N[C@]1(C(=O)N[C@H](Cc2ccccc2)C(=O)N[C@@H](CCCCNC(=N)Nc2ccccc2)C(=O)N[C@@H](Cc2c[nH]c3ccccc23)C(=O)NCC(N)=O)CC[C@H](c2ccccc2)CC1. The minimum Gasteiger partial charge on any atom is -0.368 e. The van der Waals surface area contributed by atoms with Crippen LogP contribution in [-0.2, 0) is 41.6 Å². The molecule has 0 radical (unpaired) electrons. The Balaban J connectivity index is 1.23. The number of unbranched alkanes of at least 4 members (excludes halogenated alkanes) is 1. The van der Waals surface area contributed by atoms with Crippen molar-refractivity contribution in [2.24, 2.45) is 5.73 Å². The van der Waals surface area contributed by atoms with E-state index in [-0.39, 0.29) is 43.5 Å². The highest BCUT2D eigenvalue weighted by molar-refractivity contribution is 5.98. The number of nitrogens with two attached hydrogens (primary N) is 1. The second-order valence-corrected chi connectivity index (χ2v) is 17.4. The van der Waals surface area contributed by atoms with E-state index in [1.807, 2.05) is 110 Å². The number of benzene rings is 4. The molecule has 358 valence electrons. The van der Waals surface area contributed by atoms with Crippen LogP contribution in [-0.4, -0.2) is 83.1 Å². The van der Waals surface area contributed by atoms with E-state index in [4.69, 9.17) is 11.1 Å². The Labute approximate surface area is 397 Å². The topological polar surface area (TPSA) is 252 Å². The van der Waals surface area contributed by atoms with E-state index in [1.165, 1.54) is 5.56 Å². The van der Waals surface area contributed by atoms with Gasteiger partial charge in [0.25, 0.3) is 0 Å². The number of aromatic nitrogens is 1. The van der Waals surface area contributed by atoms with Crippen molar-refractivity contribution in [1.29, 1.82) is 5.41 Å². The van der Waals surface area contributed by atoms with Crippen LogP contribution < -0.4 is 43.0 Å². The van der Waals surface area contributed by atoms with Gasteiger partial charge >= 0.3 is 0 Å². The lowest BCUT2D eigenvalue weighted by molar-refractivity contribution is -0.138. The number of guanidine groups is 1. The van der Waals surface area contributed by atoms with Gasteiger partial charge in [-0.25, -0.2) is 0 Å². The Hall–Kier alpha value is -7.49. The number of primary amides is 1. The van der Waals surface area contributed by atoms with Gasteiger partial charge in [0.1, 0.15) is 23.7 Å². The number of carbonyl (C=O) groups excluding carboxylic acids is 6. The van der Waals surface area contributed by atoms with Gasteiger partial charge in [0.15, 0.2) is 5.96 Å². The molecule has 16 nitrogen and oxygen atoms in total. The number of para-hydroxylation sites is 2. The Morgan fingerprint density at radius 1 is 0.721 bits per heavy atom. The Kier molecular flexibility index (Phi) is 18.3. The molecule has 1 aliphatic carbocycles. The maximum absolute atomic E-state index is 14.7. The molecule has 6 amide bonds. The minimum absolute atomic E-state index is 0.0467. The number of hydrogen-bond donors (Lipinski definition) is 10. The van der Waals surface area contributed by atoms with E-state index in [9.17, 15) is 28.8 Å². The van der Waals surface area contributed by atoms with Gasteiger partial charge in [0.2, 0.25) is 35.4 Å². The molecule has 11 N–H and O–H groups in total. The first-order valence-corrected chi connectivity index (χ1v) is 23.5. The fourth-order valence-electron chi connectivity index (χ4n) is 8.73. The summed E-state index contributed by atoms with van der Waals surface area (Å²) in [4.78, 5) is 85.8. The highest BCUT2D eigenvalue weighted by Gasteiger charge is 2.44. The number of hydrogen-bond acceptors (Lipinski definition) is 7. The number of nitrogens with one attached hydrogen (secondary N) is 9. The maximum Gasteiger partial charge on any atom is 0.246 e. The van der Waals surface area contributed by atoms with Crippen molar-refractivity contribution in [3.63, 3.8) is 0 Å². The van der Waals surface area contributed by atoms with Crippen LogP contribution in [0.4, 0.5) is 5.69 Å². The van der Waals surface area contributed by atoms with Crippen molar-refractivity contribution in [1.82, 2.24) is 36.9 Å². The molecule has 0 bridgehead atoms. The van der Waals surface area contributed by atoms with Crippen LogP contribution >= 0.6 is 0 Å². The van der Waals surface area contributed by atoms with E-state index in [2.05, 4.69) is 54.3 Å². The first-order valence-electron chi connectivity index (χ1n) is 23.5. The van der Waals surface area contributed by atoms with Crippen LogP contribution in [0, 0.1) is 5.41 Å². The van der Waals surface area contributed by atoms with Crippen LogP contribution in [0.5, 0.6) is 0 Å². The van der Waals surface area contributed by atoms with Crippen LogP contribution in [0.25, 0.3) is 10.9 Å². The third kappa shape index (κ3) is 14.5. The highest BCUT2D eigenvalue weighted by Crippen LogP contribution is 2.38. The molecule has 16 heteroatoms. The van der Waals surface area contributed by atoms with Crippen molar-refractivity contribution >= 4 is 58.0 Å². The van der Waals surface area contributed by atoms with E-state index >= 15 is 0 Å². The number of anilines is 1. The summed E-state index contributed by atoms with van der Waals surface area (Å²) in [6.45, 7) is 1.83. The normalized spacial score (nSPS) is 16.8. The molecule has 5 aromatic rings. The zero-order chi connectivity index (χ0) is 48.3. The molecule has 1 aliphatic rings. The minimum atomic E-state index is -1.27. The molecule has 0 spiro atoms. The molecule has 0 unspecified atom stereocenters. The molecular formula is C52H64N10O6. The summed E-state index contributed by atoms with van der Waals surface area (Å²) in [6, 6.07) is 32.6. The summed E-state index contributed by atoms with van der Waals surface area (Å²) in [5, 5.41) is 29.6. The lowest BCUT2D eigenvalue weighted by Crippen LogP contribution is -2.64. The molecule has 1 fully saturated rings. The summed E-state index contributed by atoms with van der Waals surface area (Å²) < 4.78 is 0. The lowest BCUT2D eigenvalue weighted by atomic mass is 9.73. The fraction of sp³-hybridized carbons (Fsp3) is 0.365. The van der Waals surface area contributed by atoms with Crippen LogP contribution in [0.2, 0.25) is 0 Å². The summed E-state index contributed by atoms with van der Waals surface area (Å²) >= 11 is 0. The van der Waals surface area contributed by atoms with Gasteiger partial charge in [-0.3, -0.25) is 34.2 Å². The Morgan fingerprint density at radius 3 is 2.03 bits per heavy atom. The van der Waals surface area contributed by atoms with Crippen molar-refractivity contribution in [3.05, 3.63) is 138 Å². The van der Waals surface area contributed by atoms with Crippen molar-refractivity contribution in [3.8, 4) is 0 Å². The smallest absolute Gasteiger partial charge is 0.246 e. The molecule has 1 heterocycles. The number of rotatable bonds is 23. The number of amides is 6. The van der Waals surface area contributed by atoms with Crippen molar-refractivity contribution in [2.45, 2.75) is 107 Å². The Bertz CT molecular complexity index is 2470. The van der Waals surface area contributed by atoms with Gasteiger partial charge in [0, 0.05) is 48.6 Å². The van der Waals surface area contributed by atoms with E-state index in [0.29, 0.717) is 51.5 Å². The number of fused-ring (bicyclic) bond motifs is 1. The summed E-state index contributed by atoms with van der Waals surface area (Å²) in [5.74, 6) is -3.13. The highest BCUT2D eigenvalue weighted by atomic mass is 16.2. The van der Waals surface area contributed by atoms with E-state index < -0.39 is 59.7 Å². The van der Waals surface area contributed by atoms with Crippen molar-refractivity contribution < 1.29 is 28.8 Å². The fourth-order valence-corrected chi connectivity index (χ4v) is 8.73. The Morgan fingerprint density at radius 2 is 1.34 bits per heavy atom. The zero-order valence-corrected chi connectivity index (χ0v) is 38.6. The summed E-state index contributed by atoms with van der Waals surface area (Å²) in [5.41, 5.74) is 8.34. The van der Waals surface area contributed by atoms with Crippen LogP contribution in [0.1, 0.15) is 87.3 Å². The average molecular weight is 925 g/mol. The standard InChI is InChI=1S/C52H64N10O6/c1-2-16-46(64)62-52(28-26-37(27-29-52)36-19-8-4-9-20-36)50(68)61-43(31-35-17-6-3-7-18-35)49(67)59-42(25-14-15-30-55-51(54)58-39-21-10-5-11-22-39)48(66)60-44(47(65)57-34-45(53)63)32-38-33-56-41-24-13-12-23-40(38)41/h3-13,17-24,33,37,42-44,56H,2,14-16,25-32,34H2,1H3,(H2,53,63)(H,57,65)(H,59,67)(H,60,66)(H,61,68)(H,62,64)(H3,54,55,58)/t37-,42-,43+,44-,52+/m0/s1. The van der Waals surface area contributed by atoms with Gasteiger partial charge in [0.05, 0.1) is 6.54 Å². The average Bonchev–Trinajstić information content (AvgIpc) is 3.75. The van der Waals surface area contributed by atoms with Gasteiger partial charge < -0.3 is 47.9 Å². The van der Waals surface area contributed by atoms with Gasteiger partial charge in [-0.05, 0) is 92.2 Å². The summed E-state index contributed by atoms with van der Waals surface area (Å²) in [6.07, 6.45) is 5.77. The zero-order valence-electron chi connectivity index (χ0n) is 38.6. The molecule has 6 rings (SSSR count). The molecule has 1 aromatic heterocycles. The predicted octanol–water partition coefficient (Wildman–Crippen LogP) is 4.83. The molecule has 0 saturated heterocycles. The second-order valence-electron chi connectivity index (χ2n) is 17.4. The van der Waals surface area contributed by atoms with Gasteiger partial charge in [-0.15, -0.1) is 0 Å². The third-order valence-electron chi connectivity index (χ3n) is 12.4. The maximum atomic E-state index is 14.7. The van der Waals surface area contributed by atoms with E-state index in [1.54, 1.807) is 6.20 Å². The first-order chi connectivity index (χ1) is 32.9. The number of aromatic amines is 1. The second kappa shape index (κ2) is 24.9. The van der Waals surface area contributed by atoms with Gasteiger partial charge in [-0.2, -0.15) is 0 Å². The number of carbonyl (C=O) groups is 6. The monoisotopic (exact) mass is 925 g/mol. The molecule has 68 heavy (non-hydrogen) atoms. The molecule has 0 aliphatic heterocycles. The van der Waals surface area contributed by atoms with Crippen LogP contribution in [0.3, 0.4) is 0 Å². The van der Waals surface area contributed by atoms with Crippen LogP contribution in [0.15, 0.2) is 121 Å². The first kappa shape index (κ1) is 49.9. The third-order valence-corrected chi connectivity index (χ3v) is 12.4. The van der Waals surface area contributed by atoms with Gasteiger partial charge in [-0.1, -0.05) is 104 Å². The summed E-state index contributed by atoms with van der Waals surface area (Å²) in [7, 11) is 0. The van der Waals surface area contributed by atoms with Crippen molar-refractivity contribution in [2.75, 3.05) is 18.4 Å². The lowest BCUT2D eigenvalue weighted by Gasteiger charge is -2.40. The van der Waals surface area contributed by atoms with E-state index in [0.717, 1.165) is 27.7 Å². The quantitative estimate of drug-likeness (QED) is 0.0246. The molecule has 1 saturated carbocycles. The largest absolute Gasteiger partial charge is 0.368 e. The predicted molar refractivity (Wildman–Crippen MR) is 263 cm³/mol. The molecule has 3 atom stereocenters. The molecule has 4 aromatic carbocycles.